The van der Waals surface area contributed by atoms with Gasteiger partial charge in [-0.2, -0.15) is 0 Å². The number of nitrogens with one attached hydrogen (secondary N) is 1. The van der Waals surface area contributed by atoms with Gasteiger partial charge < -0.3 is 4.74 Å². The highest BCUT2D eigenvalue weighted by Crippen LogP contribution is 2.00. The van der Waals surface area contributed by atoms with E-state index in [-0.39, 0.29) is 6.61 Å². The van der Waals surface area contributed by atoms with E-state index in [1.165, 1.54) is 0 Å². The molecule has 0 spiro atoms. The second-order valence-electron chi connectivity index (χ2n) is 3.14. The van der Waals surface area contributed by atoms with E-state index in [4.69, 9.17) is 10.1 Å². The van der Waals surface area contributed by atoms with E-state index in [2.05, 4.69) is 4.94 Å². The lowest BCUT2D eigenvalue weighted by Gasteiger charge is -2.02. The molecule has 0 aliphatic rings. The molecule has 0 aliphatic heterocycles. The molecule has 0 bridgehead atoms. The first kappa shape index (κ1) is 13.0. The smallest absolute Gasteiger partial charge is 0.369 e. The lowest BCUT2D eigenvalue weighted by molar-refractivity contribution is -0.174. The van der Waals surface area contributed by atoms with E-state index in [0.717, 1.165) is 5.56 Å². The number of rotatable bonds is 6. The van der Waals surface area contributed by atoms with E-state index in [1.807, 2.05) is 18.2 Å². The average Bonchev–Trinajstić information content (AvgIpc) is 2.38. The maximum Gasteiger partial charge on any atom is 0.400 e. The minimum Gasteiger partial charge on any atom is -0.369 e. The number of hydrogen-bond acceptors (Lipinski definition) is 5. The van der Waals surface area contributed by atoms with Crippen LogP contribution in [-0.2, 0) is 25.9 Å². The summed E-state index contributed by atoms with van der Waals surface area (Å²) in [6.45, 7) is -0.298. The van der Waals surface area contributed by atoms with Gasteiger partial charge in [-0.1, -0.05) is 30.3 Å². The van der Waals surface area contributed by atoms with E-state index in [1.54, 1.807) is 12.1 Å². The first-order valence-electron chi connectivity index (χ1n) is 4.71. The van der Waals surface area contributed by atoms with Crippen LogP contribution in [0.4, 0.5) is 4.53 Å². The van der Waals surface area contributed by atoms with Crippen LogP contribution in [0.2, 0.25) is 0 Å². The third-order valence-electron chi connectivity index (χ3n) is 1.90. The molecule has 5 nitrogen and oxygen atoms in total. The van der Waals surface area contributed by atoms with Crippen molar-refractivity contribution in [2.75, 3.05) is 6.61 Å². The summed E-state index contributed by atoms with van der Waals surface area (Å²) in [4.78, 5) is 24.4. The van der Waals surface area contributed by atoms with Crippen LogP contribution in [0.5, 0.6) is 0 Å². The zero-order valence-corrected chi connectivity index (χ0v) is 8.81. The largest absolute Gasteiger partial charge is 0.400 e. The fourth-order valence-corrected chi connectivity index (χ4v) is 1.06. The van der Waals surface area contributed by atoms with Crippen molar-refractivity contribution in [3.05, 3.63) is 35.9 Å². The Labute approximate surface area is 96.6 Å². The molecule has 1 aromatic carbocycles. The van der Waals surface area contributed by atoms with Gasteiger partial charge in [0.05, 0.1) is 6.61 Å². The van der Waals surface area contributed by atoms with Crippen molar-refractivity contribution in [3.8, 4) is 0 Å². The quantitative estimate of drug-likeness (QED) is 0.598. The van der Waals surface area contributed by atoms with Crippen molar-refractivity contribution in [3.63, 3.8) is 0 Å². The van der Waals surface area contributed by atoms with Crippen LogP contribution in [0.25, 0.3) is 0 Å². The minimum absolute atomic E-state index is 0.171. The molecule has 0 atom stereocenters. The van der Waals surface area contributed by atoms with Gasteiger partial charge in [-0.15, -0.1) is 0 Å². The number of ketones is 1. The fraction of sp³-hybridized carbons (Fsp3) is 0.182. The van der Waals surface area contributed by atoms with Crippen LogP contribution < -0.4 is 0 Å². The number of carbonyl (C=O) groups is 2. The van der Waals surface area contributed by atoms with Gasteiger partial charge in [0, 0.05) is 4.53 Å². The maximum absolute atomic E-state index is 11.4. The van der Waals surface area contributed by atoms with Gasteiger partial charge >= 0.3 is 5.97 Å². The van der Waals surface area contributed by atoms with E-state index in [9.17, 15) is 14.1 Å². The highest BCUT2D eigenvalue weighted by Gasteiger charge is 2.20. The Kier molecular flexibility index (Phi) is 4.96. The molecular formula is C11H10FNO4. The van der Waals surface area contributed by atoms with Crippen LogP contribution >= 0.6 is 0 Å². The summed E-state index contributed by atoms with van der Waals surface area (Å²) in [5, 5.41) is 6.94. The summed E-state index contributed by atoms with van der Waals surface area (Å²) >= 11 is 0. The molecule has 6 heteroatoms. The molecule has 0 radical (unpaired) electrons. The highest BCUT2D eigenvalue weighted by atomic mass is 19.3. The average molecular weight is 239 g/mol. The Morgan fingerprint density at radius 2 is 1.88 bits per heavy atom. The van der Waals surface area contributed by atoms with Gasteiger partial charge in [-0.05, 0) is 5.56 Å². The topological polar surface area (TPSA) is 76.5 Å². The van der Waals surface area contributed by atoms with Gasteiger partial charge in [0.2, 0.25) is 5.78 Å². The highest BCUT2D eigenvalue weighted by molar-refractivity contribution is 6.63. The van der Waals surface area contributed by atoms with Crippen LogP contribution in [0.1, 0.15) is 5.56 Å². The monoisotopic (exact) mass is 239 g/mol. The van der Waals surface area contributed by atoms with Gasteiger partial charge in [0.25, 0.3) is 0 Å². The number of ether oxygens (including phenoxy) is 1. The lowest BCUT2D eigenvalue weighted by Crippen LogP contribution is -2.27. The molecule has 1 aromatic rings. The fourth-order valence-electron chi connectivity index (χ4n) is 1.06. The van der Waals surface area contributed by atoms with Gasteiger partial charge in [-0.3, -0.25) is 10.2 Å². The van der Waals surface area contributed by atoms with Crippen molar-refractivity contribution in [1.82, 2.24) is 0 Å². The van der Waals surface area contributed by atoms with Crippen molar-refractivity contribution >= 4 is 17.5 Å². The zero-order valence-electron chi connectivity index (χ0n) is 8.81. The molecule has 1 rings (SSSR count). The Balaban J connectivity index is 2.34. The van der Waals surface area contributed by atoms with Gasteiger partial charge in [0.1, 0.15) is 6.61 Å². The summed E-state index contributed by atoms with van der Waals surface area (Å²) < 4.78 is 16.4. The first-order chi connectivity index (χ1) is 8.15. The molecule has 0 aliphatic carbocycles. The maximum atomic E-state index is 11.4. The van der Waals surface area contributed by atoms with E-state index < -0.39 is 24.1 Å². The molecule has 0 unspecified atom stereocenters. The molecular weight excluding hydrogens is 229 g/mol. The predicted molar refractivity (Wildman–Crippen MR) is 56.0 cm³/mol. The summed E-state index contributed by atoms with van der Waals surface area (Å²) in [6.07, 6.45) is 0. The van der Waals surface area contributed by atoms with Crippen molar-refractivity contribution in [2.45, 2.75) is 6.61 Å². The molecule has 0 saturated carbocycles. The number of halogens is 1. The standard InChI is InChI=1S/C11H10FNO4/c12-17-11(15)10(13)9(14)7-16-6-8-4-2-1-3-5-8/h1-5,13H,6-7H2. The second kappa shape index (κ2) is 6.49. The van der Waals surface area contributed by atoms with Crippen LogP contribution in [0.15, 0.2) is 30.3 Å². The number of benzene rings is 1. The Bertz CT molecular complexity index is 419. The third-order valence-corrected chi connectivity index (χ3v) is 1.90. The predicted octanol–water partition coefficient (Wildman–Crippen LogP) is 1.22. The van der Waals surface area contributed by atoms with E-state index >= 15 is 0 Å². The summed E-state index contributed by atoms with van der Waals surface area (Å²) in [6, 6.07) is 9.05. The first-order valence-corrected chi connectivity index (χ1v) is 4.71. The molecule has 0 aromatic heterocycles. The Morgan fingerprint density at radius 3 is 2.47 bits per heavy atom. The zero-order chi connectivity index (χ0) is 12.7. The molecule has 0 heterocycles. The molecule has 1 N–H and O–H groups in total. The number of carbonyl (C=O) groups excluding carboxylic acids is 2. The SMILES string of the molecule is N=C(C(=O)COCc1ccccc1)C(=O)OF. The molecule has 0 saturated heterocycles. The van der Waals surface area contributed by atoms with Crippen molar-refractivity contribution < 1.29 is 23.8 Å². The van der Waals surface area contributed by atoms with Gasteiger partial charge in [-0.25, -0.2) is 9.74 Å². The summed E-state index contributed by atoms with van der Waals surface area (Å²) in [5.74, 6) is -2.54. The minimum atomic E-state index is -1.61. The Hall–Kier alpha value is -2.08. The second-order valence-corrected chi connectivity index (χ2v) is 3.14. The number of hydrogen-bond donors (Lipinski definition) is 1. The molecule has 0 fully saturated rings. The van der Waals surface area contributed by atoms with Crippen molar-refractivity contribution in [2.24, 2.45) is 0 Å². The Morgan fingerprint density at radius 1 is 1.24 bits per heavy atom. The molecule has 90 valence electrons. The molecule has 17 heavy (non-hydrogen) atoms. The number of Topliss-reactive ketones (excluding diaryl/α,β-unsaturated/α-hetero) is 1. The van der Waals surface area contributed by atoms with Crippen molar-refractivity contribution in [1.29, 1.82) is 5.41 Å². The van der Waals surface area contributed by atoms with Crippen LogP contribution in [0, 0.1) is 5.41 Å². The third kappa shape index (κ3) is 4.12. The summed E-state index contributed by atoms with van der Waals surface area (Å²) in [5.41, 5.74) is -0.222. The van der Waals surface area contributed by atoms with Crippen LogP contribution in [-0.4, -0.2) is 24.1 Å². The normalized spacial score (nSPS) is 9.71. The van der Waals surface area contributed by atoms with E-state index in [0.29, 0.717) is 0 Å². The molecule has 0 amide bonds. The lowest BCUT2D eigenvalue weighted by atomic mass is 10.2. The van der Waals surface area contributed by atoms with Gasteiger partial charge in [0.15, 0.2) is 5.71 Å². The van der Waals surface area contributed by atoms with Crippen LogP contribution in [0.3, 0.4) is 0 Å². The summed E-state index contributed by atoms with van der Waals surface area (Å²) in [7, 11) is 0.